The van der Waals surface area contributed by atoms with Crippen molar-refractivity contribution in [2.24, 2.45) is 20.5 Å². The Kier molecular flexibility index (Phi) is 7.94. The summed E-state index contributed by atoms with van der Waals surface area (Å²) in [5.41, 5.74) is 1.24. The molecule has 0 saturated heterocycles. The van der Waals surface area contributed by atoms with Gasteiger partial charge in [-0.15, -0.1) is 15.3 Å². The Morgan fingerprint density at radius 1 is 1.00 bits per heavy atom. The summed E-state index contributed by atoms with van der Waals surface area (Å²) in [6, 6.07) is 11.7. The van der Waals surface area contributed by atoms with E-state index in [0.717, 1.165) is 6.42 Å². The highest BCUT2D eigenvalue weighted by atomic mass is 16.5. The van der Waals surface area contributed by atoms with Gasteiger partial charge in [0.25, 0.3) is 0 Å². The number of hydrogen-bond donors (Lipinski definition) is 4. The van der Waals surface area contributed by atoms with Crippen LogP contribution in [0.4, 0.5) is 23.0 Å². The second-order valence-electron chi connectivity index (χ2n) is 8.43. The molecule has 0 aliphatic rings. The van der Waals surface area contributed by atoms with Gasteiger partial charge >= 0.3 is 0 Å². The summed E-state index contributed by atoms with van der Waals surface area (Å²) in [5.74, 6) is -0.0209. The highest BCUT2D eigenvalue weighted by molar-refractivity contribution is 6.15. The lowest BCUT2D eigenvalue weighted by Crippen LogP contribution is -2.10. The van der Waals surface area contributed by atoms with Gasteiger partial charge in [0.1, 0.15) is 34.8 Å². The SMILES string of the molecule is CCCN=Nc1nc(NCCOC)c(C#N)c(C)c1N=Nc1cccc2c(O)c3cccc(O)c3c(O)c12. The van der Waals surface area contributed by atoms with Crippen LogP contribution in [0.25, 0.3) is 21.5 Å². The molecule has 0 radical (unpaired) electrons. The molecular weight excluding hydrogens is 486 g/mol. The summed E-state index contributed by atoms with van der Waals surface area (Å²) < 4.78 is 5.07. The molecule has 0 fully saturated rings. The molecule has 11 heteroatoms. The predicted octanol–water partition coefficient (Wildman–Crippen LogP) is 6.65. The number of phenolic OH excluding ortho intramolecular Hbond substituents is 3. The second-order valence-corrected chi connectivity index (χ2v) is 8.43. The molecule has 0 spiro atoms. The maximum absolute atomic E-state index is 11.1. The van der Waals surface area contributed by atoms with Crippen molar-refractivity contribution < 1.29 is 20.1 Å². The minimum absolute atomic E-state index is 0.102. The summed E-state index contributed by atoms with van der Waals surface area (Å²) in [4.78, 5) is 4.48. The molecular formula is C27H27N7O4. The highest BCUT2D eigenvalue weighted by Crippen LogP contribution is 2.48. The van der Waals surface area contributed by atoms with Crippen LogP contribution in [0.3, 0.4) is 0 Å². The van der Waals surface area contributed by atoms with Crippen LogP contribution < -0.4 is 5.32 Å². The number of phenols is 3. The first-order chi connectivity index (χ1) is 18.4. The van der Waals surface area contributed by atoms with Gasteiger partial charge in [0.15, 0.2) is 0 Å². The predicted molar refractivity (Wildman–Crippen MR) is 144 cm³/mol. The van der Waals surface area contributed by atoms with Crippen molar-refractivity contribution >= 4 is 44.6 Å². The molecule has 4 aromatic rings. The van der Waals surface area contributed by atoms with E-state index in [0.29, 0.717) is 41.9 Å². The van der Waals surface area contributed by atoms with Crippen LogP contribution in [-0.4, -0.2) is 47.1 Å². The number of fused-ring (bicyclic) bond motifs is 2. The molecule has 0 amide bonds. The number of pyridine rings is 1. The van der Waals surface area contributed by atoms with E-state index >= 15 is 0 Å². The van der Waals surface area contributed by atoms with E-state index in [1.165, 1.54) is 6.07 Å². The average molecular weight is 514 g/mol. The maximum Gasteiger partial charge on any atom is 0.204 e. The summed E-state index contributed by atoms with van der Waals surface area (Å²) in [5, 5.41) is 63.3. The Balaban J connectivity index is 1.90. The lowest BCUT2D eigenvalue weighted by molar-refractivity contribution is 0.210. The van der Waals surface area contributed by atoms with Gasteiger partial charge < -0.3 is 25.4 Å². The molecule has 4 N–H and O–H groups in total. The van der Waals surface area contributed by atoms with Gasteiger partial charge in [-0.2, -0.15) is 10.4 Å². The van der Waals surface area contributed by atoms with Crippen molar-refractivity contribution in [1.82, 2.24) is 4.98 Å². The Bertz CT molecular complexity index is 1610. The van der Waals surface area contributed by atoms with E-state index in [1.807, 2.05) is 6.92 Å². The zero-order chi connectivity index (χ0) is 27.2. The minimum atomic E-state index is -0.242. The van der Waals surface area contributed by atoms with Crippen molar-refractivity contribution in [3.8, 4) is 23.3 Å². The third-order valence-electron chi connectivity index (χ3n) is 5.92. The third-order valence-corrected chi connectivity index (χ3v) is 5.92. The zero-order valence-electron chi connectivity index (χ0n) is 21.2. The van der Waals surface area contributed by atoms with Crippen molar-refractivity contribution in [3.05, 3.63) is 47.5 Å². The molecule has 0 saturated carbocycles. The summed E-state index contributed by atoms with van der Waals surface area (Å²) in [6.45, 7) is 5.02. The fourth-order valence-corrected chi connectivity index (χ4v) is 4.05. The number of ether oxygens (including phenoxy) is 1. The fraction of sp³-hybridized carbons (Fsp3) is 0.259. The number of aromatic hydroxyl groups is 3. The topological polar surface area (TPSA) is 168 Å². The number of nitriles is 1. The van der Waals surface area contributed by atoms with Crippen molar-refractivity contribution in [2.75, 3.05) is 32.1 Å². The number of nitrogens with one attached hydrogen (secondary N) is 1. The number of azo groups is 2. The van der Waals surface area contributed by atoms with Gasteiger partial charge in [-0.3, -0.25) is 0 Å². The lowest BCUT2D eigenvalue weighted by Gasteiger charge is -2.13. The van der Waals surface area contributed by atoms with Gasteiger partial charge in [0, 0.05) is 30.0 Å². The molecule has 1 aromatic heterocycles. The van der Waals surface area contributed by atoms with Crippen LogP contribution in [-0.2, 0) is 4.74 Å². The van der Waals surface area contributed by atoms with Crippen molar-refractivity contribution in [1.29, 1.82) is 5.26 Å². The zero-order valence-corrected chi connectivity index (χ0v) is 21.2. The number of anilines is 1. The largest absolute Gasteiger partial charge is 0.507 e. The average Bonchev–Trinajstić information content (AvgIpc) is 2.91. The monoisotopic (exact) mass is 513 g/mol. The molecule has 0 aliphatic heterocycles. The van der Waals surface area contributed by atoms with Crippen LogP contribution >= 0.6 is 0 Å². The second kappa shape index (κ2) is 11.5. The number of nitrogens with zero attached hydrogens (tertiary/aromatic N) is 6. The van der Waals surface area contributed by atoms with Crippen LogP contribution in [0.2, 0.25) is 0 Å². The molecule has 0 bridgehead atoms. The number of rotatable bonds is 9. The Morgan fingerprint density at radius 3 is 2.45 bits per heavy atom. The lowest BCUT2D eigenvalue weighted by atomic mass is 9.99. The van der Waals surface area contributed by atoms with E-state index in [4.69, 9.17) is 4.74 Å². The molecule has 0 aliphatic carbocycles. The van der Waals surface area contributed by atoms with Crippen LogP contribution in [0, 0.1) is 18.3 Å². The van der Waals surface area contributed by atoms with Gasteiger partial charge in [0.05, 0.1) is 35.2 Å². The van der Waals surface area contributed by atoms with E-state index in [2.05, 4.69) is 36.8 Å². The minimum Gasteiger partial charge on any atom is -0.507 e. The Hall–Kier alpha value is -4.82. The molecule has 11 nitrogen and oxygen atoms in total. The van der Waals surface area contributed by atoms with Crippen LogP contribution in [0.5, 0.6) is 17.2 Å². The normalized spacial score (nSPS) is 11.6. The van der Waals surface area contributed by atoms with Gasteiger partial charge in [-0.25, -0.2) is 4.98 Å². The smallest absolute Gasteiger partial charge is 0.204 e. The Labute approximate surface area is 218 Å². The summed E-state index contributed by atoms with van der Waals surface area (Å²) in [7, 11) is 1.58. The first-order valence-electron chi connectivity index (χ1n) is 12.0. The Morgan fingerprint density at radius 2 is 1.74 bits per heavy atom. The summed E-state index contributed by atoms with van der Waals surface area (Å²) in [6.07, 6.45) is 0.786. The van der Waals surface area contributed by atoms with E-state index < -0.39 is 0 Å². The molecule has 0 unspecified atom stereocenters. The molecule has 38 heavy (non-hydrogen) atoms. The fourth-order valence-electron chi connectivity index (χ4n) is 4.05. The highest BCUT2D eigenvalue weighted by Gasteiger charge is 2.20. The maximum atomic E-state index is 11.1. The standard InChI is InChI=1S/C27H27N7O4/c1-4-11-30-34-27-23(15(2)18(14-28)26(31-27)29-12-13-38-3)33-32-19-9-5-7-16-21(19)25(37)22-17(24(16)36)8-6-10-20(22)35/h5-10,35-37H,4,11-13H2,1-3H3,(H,29,31). The van der Waals surface area contributed by atoms with Gasteiger partial charge in [0.2, 0.25) is 5.82 Å². The van der Waals surface area contributed by atoms with Gasteiger partial charge in [-0.1, -0.05) is 31.2 Å². The summed E-state index contributed by atoms with van der Waals surface area (Å²) >= 11 is 0. The van der Waals surface area contributed by atoms with E-state index in [-0.39, 0.29) is 50.8 Å². The molecule has 0 atom stereocenters. The van der Waals surface area contributed by atoms with Crippen LogP contribution in [0.1, 0.15) is 24.5 Å². The number of hydrogen-bond acceptors (Lipinski definition) is 11. The molecule has 1 heterocycles. The number of methoxy groups -OCH3 is 1. The quantitative estimate of drug-likeness (QED) is 0.0840. The first kappa shape index (κ1) is 26.2. The van der Waals surface area contributed by atoms with Crippen molar-refractivity contribution in [2.45, 2.75) is 20.3 Å². The van der Waals surface area contributed by atoms with Crippen molar-refractivity contribution in [3.63, 3.8) is 0 Å². The molecule has 3 aromatic carbocycles. The van der Waals surface area contributed by atoms with Crippen LogP contribution in [0.15, 0.2) is 56.9 Å². The first-order valence-corrected chi connectivity index (χ1v) is 12.0. The number of benzene rings is 3. The third kappa shape index (κ3) is 4.89. The van der Waals surface area contributed by atoms with E-state index in [1.54, 1.807) is 44.4 Å². The molecule has 4 rings (SSSR count). The number of aromatic nitrogens is 1. The molecule has 194 valence electrons. The van der Waals surface area contributed by atoms with Gasteiger partial charge in [-0.05, 0) is 25.5 Å². The van der Waals surface area contributed by atoms with E-state index in [9.17, 15) is 20.6 Å².